The highest BCUT2D eigenvalue weighted by Gasteiger charge is 1.92. The van der Waals surface area contributed by atoms with Gasteiger partial charge in [-0.3, -0.25) is 0 Å². The predicted octanol–water partition coefficient (Wildman–Crippen LogP) is 5.31. The van der Waals surface area contributed by atoms with Gasteiger partial charge in [0.05, 0.1) is 0 Å². The first-order valence-corrected chi connectivity index (χ1v) is 6.10. The third kappa shape index (κ3) is 4.06. The van der Waals surface area contributed by atoms with E-state index in [1.807, 2.05) is 0 Å². The van der Waals surface area contributed by atoms with Gasteiger partial charge in [0.1, 0.15) is 0 Å². The van der Waals surface area contributed by atoms with Crippen LogP contribution in [0.2, 0.25) is 0 Å². The minimum atomic E-state index is 1.12. The zero-order valence-corrected chi connectivity index (χ0v) is 10.9. The molecule has 0 radical (unpaired) electrons. The molecule has 0 bridgehead atoms. The van der Waals surface area contributed by atoms with Crippen LogP contribution in [-0.2, 0) is 0 Å². The Morgan fingerprint density at radius 3 is 1.38 bits per heavy atom. The Bertz CT molecular complexity index is 338. The molecule has 86 valence electrons. The van der Waals surface area contributed by atoms with E-state index in [0.29, 0.717) is 0 Å². The summed E-state index contributed by atoms with van der Waals surface area (Å²) in [7, 11) is 0. The Morgan fingerprint density at radius 2 is 1.12 bits per heavy atom. The van der Waals surface area contributed by atoms with E-state index < -0.39 is 0 Å². The molecule has 0 fully saturated rings. The summed E-state index contributed by atoms with van der Waals surface area (Å²) in [5.74, 6) is 0. The van der Waals surface area contributed by atoms with Gasteiger partial charge in [-0.2, -0.15) is 0 Å². The van der Waals surface area contributed by atoms with Crippen molar-refractivity contribution in [2.24, 2.45) is 0 Å². The van der Waals surface area contributed by atoms with Crippen LogP contribution >= 0.6 is 0 Å². The van der Waals surface area contributed by atoms with Gasteiger partial charge in [-0.15, -0.1) is 0 Å². The van der Waals surface area contributed by atoms with E-state index in [0.717, 1.165) is 12.8 Å². The van der Waals surface area contributed by atoms with Crippen LogP contribution in [0, 0.1) is 0 Å². The van der Waals surface area contributed by atoms with Crippen molar-refractivity contribution in [3.8, 4) is 0 Å². The second kappa shape index (κ2) is 6.32. The molecule has 1 aromatic rings. The number of benzene rings is 1. The van der Waals surface area contributed by atoms with Crippen LogP contribution in [0.1, 0.15) is 51.7 Å². The van der Waals surface area contributed by atoms with Crippen molar-refractivity contribution >= 4 is 12.2 Å². The molecule has 0 saturated heterocycles. The molecular formula is C16H22. The second-order valence-corrected chi connectivity index (χ2v) is 4.36. The molecule has 0 heterocycles. The van der Waals surface area contributed by atoms with Crippen LogP contribution in [-0.4, -0.2) is 0 Å². The Labute approximate surface area is 99.7 Å². The van der Waals surface area contributed by atoms with Crippen LogP contribution < -0.4 is 0 Å². The summed E-state index contributed by atoms with van der Waals surface area (Å²) in [4.78, 5) is 0. The SMILES string of the molecule is CC/C(C)=C\c1ccc(/C=C(/C)CC)cc1. The van der Waals surface area contributed by atoms with Gasteiger partial charge in [0.25, 0.3) is 0 Å². The number of rotatable bonds is 4. The number of allylic oxidation sites excluding steroid dienone is 2. The lowest BCUT2D eigenvalue weighted by Gasteiger charge is -2.00. The van der Waals surface area contributed by atoms with E-state index in [-0.39, 0.29) is 0 Å². The minimum Gasteiger partial charge on any atom is -0.0730 e. The van der Waals surface area contributed by atoms with Gasteiger partial charge in [-0.05, 0) is 37.8 Å². The zero-order valence-electron chi connectivity index (χ0n) is 10.9. The Hall–Kier alpha value is -1.30. The lowest BCUT2D eigenvalue weighted by atomic mass is 10.1. The maximum Gasteiger partial charge on any atom is -0.0257 e. The molecule has 0 atom stereocenters. The van der Waals surface area contributed by atoms with E-state index in [2.05, 4.69) is 64.1 Å². The van der Waals surface area contributed by atoms with Crippen molar-refractivity contribution in [3.63, 3.8) is 0 Å². The third-order valence-electron chi connectivity index (χ3n) is 2.88. The molecule has 0 aliphatic rings. The lowest BCUT2D eigenvalue weighted by molar-refractivity contribution is 1.11. The highest BCUT2D eigenvalue weighted by atomic mass is 14.0. The van der Waals surface area contributed by atoms with Gasteiger partial charge < -0.3 is 0 Å². The predicted molar refractivity (Wildman–Crippen MR) is 74.3 cm³/mol. The fourth-order valence-corrected chi connectivity index (χ4v) is 1.46. The van der Waals surface area contributed by atoms with Crippen LogP contribution in [0.3, 0.4) is 0 Å². The molecule has 16 heavy (non-hydrogen) atoms. The summed E-state index contributed by atoms with van der Waals surface area (Å²) in [5, 5.41) is 0. The number of hydrogen-bond donors (Lipinski definition) is 0. The summed E-state index contributed by atoms with van der Waals surface area (Å²) in [6.07, 6.45) is 6.74. The molecule has 1 rings (SSSR count). The molecule has 0 spiro atoms. The average molecular weight is 214 g/mol. The molecule has 0 N–H and O–H groups in total. The average Bonchev–Trinajstić information content (AvgIpc) is 2.31. The van der Waals surface area contributed by atoms with Crippen LogP contribution in [0.5, 0.6) is 0 Å². The molecule has 0 nitrogen and oxygen atoms in total. The Morgan fingerprint density at radius 1 is 0.812 bits per heavy atom. The summed E-state index contributed by atoms with van der Waals surface area (Å²) in [5.41, 5.74) is 5.44. The maximum absolute atomic E-state index is 2.25. The fourth-order valence-electron chi connectivity index (χ4n) is 1.46. The Balaban J connectivity index is 2.83. The van der Waals surface area contributed by atoms with E-state index in [1.54, 1.807) is 0 Å². The van der Waals surface area contributed by atoms with E-state index >= 15 is 0 Å². The van der Waals surface area contributed by atoms with E-state index in [9.17, 15) is 0 Å². The first-order chi connectivity index (χ1) is 7.65. The largest absolute Gasteiger partial charge is 0.0730 e. The van der Waals surface area contributed by atoms with Crippen molar-refractivity contribution in [1.29, 1.82) is 0 Å². The third-order valence-corrected chi connectivity index (χ3v) is 2.88. The van der Waals surface area contributed by atoms with Crippen molar-refractivity contribution < 1.29 is 0 Å². The minimum absolute atomic E-state index is 1.12. The van der Waals surface area contributed by atoms with Crippen LogP contribution in [0.15, 0.2) is 35.4 Å². The van der Waals surface area contributed by atoms with Gasteiger partial charge in [0.2, 0.25) is 0 Å². The van der Waals surface area contributed by atoms with Gasteiger partial charge in [0, 0.05) is 0 Å². The molecule has 0 heteroatoms. The number of hydrogen-bond acceptors (Lipinski definition) is 0. The Kier molecular flexibility index (Phi) is 5.04. The van der Waals surface area contributed by atoms with Gasteiger partial charge in [0.15, 0.2) is 0 Å². The molecule has 0 amide bonds. The summed E-state index contributed by atoms with van der Waals surface area (Å²) < 4.78 is 0. The topological polar surface area (TPSA) is 0 Å². The second-order valence-electron chi connectivity index (χ2n) is 4.36. The molecule has 0 aliphatic carbocycles. The highest BCUT2D eigenvalue weighted by Crippen LogP contribution is 2.13. The first kappa shape index (κ1) is 12.8. The van der Waals surface area contributed by atoms with Crippen LogP contribution in [0.25, 0.3) is 12.2 Å². The van der Waals surface area contributed by atoms with Gasteiger partial charge in [-0.25, -0.2) is 0 Å². The van der Waals surface area contributed by atoms with Crippen LogP contribution in [0.4, 0.5) is 0 Å². The van der Waals surface area contributed by atoms with Gasteiger partial charge in [-0.1, -0.05) is 61.4 Å². The molecule has 0 aliphatic heterocycles. The highest BCUT2D eigenvalue weighted by molar-refractivity contribution is 5.58. The maximum atomic E-state index is 2.25. The monoisotopic (exact) mass is 214 g/mol. The molecule has 0 saturated carbocycles. The summed E-state index contributed by atoms with van der Waals surface area (Å²) in [6, 6.07) is 8.75. The van der Waals surface area contributed by atoms with Crippen molar-refractivity contribution in [1.82, 2.24) is 0 Å². The van der Waals surface area contributed by atoms with Crippen molar-refractivity contribution in [2.45, 2.75) is 40.5 Å². The standard InChI is InChI=1S/C16H22/c1-5-13(3)11-15-7-9-16(10-8-15)12-14(4)6-2/h7-12H,5-6H2,1-4H3/b13-11-,14-12-. The van der Waals surface area contributed by atoms with Crippen molar-refractivity contribution in [2.75, 3.05) is 0 Å². The lowest BCUT2D eigenvalue weighted by Crippen LogP contribution is -1.79. The smallest absolute Gasteiger partial charge is 0.0257 e. The molecule has 0 aromatic heterocycles. The quantitative estimate of drug-likeness (QED) is 0.637. The fraction of sp³-hybridized carbons (Fsp3) is 0.375. The first-order valence-electron chi connectivity index (χ1n) is 6.10. The summed E-state index contributed by atoms with van der Waals surface area (Å²) >= 11 is 0. The zero-order chi connectivity index (χ0) is 12.0. The normalized spacial score (nSPS) is 13.0. The molecular weight excluding hydrogens is 192 g/mol. The van der Waals surface area contributed by atoms with E-state index in [1.165, 1.54) is 22.3 Å². The molecule has 1 aromatic carbocycles. The summed E-state index contributed by atoms with van der Waals surface area (Å²) in [6.45, 7) is 8.73. The van der Waals surface area contributed by atoms with Gasteiger partial charge >= 0.3 is 0 Å². The molecule has 0 unspecified atom stereocenters. The van der Waals surface area contributed by atoms with E-state index in [4.69, 9.17) is 0 Å². The van der Waals surface area contributed by atoms with Crippen molar-refractivity contribution in [3.05, 3.63) is 46.5 Å².